The fourth-order valence-corrected chi connectivity index (χ4v) is 4.93. The first-order valence-electron chi connectivity index (χ1n) is 10.1. The first-order valence-corrected chi connectivity index (χ1v) is 12.0. The Bertz CT molecular complexity index is 960. The molecule has 2 N–H and O–H groups in total. The maximum absolute atomic E-state index is 12.7. The lowest BCUT2D eigenvalue weighted by Crippen LogP contribution is -2.34. The van der Waals surface area contributed by atoms with Crippen LogP contribution in [0.15, 0.2) is 53.4 Å². The zero-order valence-electron chi connectivity index (χ0n) is 16.9. The van der Waals surface area contributed by atoms with Crippen LogP contribution in [-0.4, -0.2) is 39.6 Å². The highest BCUT2D eigenvalue weighted by Gasteiger charge is 2.23. The van der Waals surface area contributed by atoms with Crippen molar-refractivity contribution in [2.24, 2.45) is 0 Å². The van der Waals surface area contributed by atoms with Crippen molar-refractivity contribution >= 4 is 27.5 Å². The Balaban J connectivity index is 1.62. The molecule has 2 aromatic carbocycles. The Hall–Kier alpha value is -1.93. The molecule has 0 saturated carbocycles. The molecule has 1 heterocycles. The molecule has 2 unspecified atom stereocenters. The number of carbonyl (C=O) groups is 1. The summed E-state index contributed by atoms with van der Waals surface area (Å²) < 4.78 is 33.4. The average Bonchev–Trinajstić information content (AvgIpc) is 3.25. The van der Waals surface area contributed by atoms with Crippen molar-refractivity contribution in [3.8, 4) is 0 Å². The van der Waals surface area contributed by atoms with Crippen molar-refractivity contribution in [2.45, 2.75) is 49.6 Å². The maximum Gasteiger partial charge on any atom is 0.251 e. The summed E-state index contributed by atoms with van der Waals surface area (Å²) in [6.45, 7) is 2.76. The second kappa shape index (κ2) is 10.4. The number of hydrogen-bond donors (Lipinski definition) is 2. The van der Waals surface area contributed by atoms with E-state index in [1.54, 1.807) is 0 Å². The van der Waals surface area contributed by atoms with Crippen LogP contribution in [0.25, 0.3) is 0 Å². The summed E-state index contributed by atoms with van der Waals surface area (Å²) in [5, 5.41) is 3.00. The van der Waals surface area contributed by atoms with Crippen LogP contribution < -0.4 is 10.0 Å². The van der Waals surface area contributed by atoms with Crippen molar-refractivity contribution in [2.75, 3.05) is 13.2 Å². The molecule has 2 aromatic rings. The average molecular weight is 451 g/mol. The predicted molar refractivity (Wildman–Crippen MR) is 117 cm³/mol. The Kier molecular flexibility index (Phi) is 7.88. The van der Waals surface area contributed by atoms with E-state index in [0.717, 1.165) is 25.7 Å². The third-order valence-electron chi connectivity index (χ3n) is 5.09. The number of aryl methyl sites for hydroxylation is 1. The highest BCUT2D eigenvalue weighted by atomic mass is 35.5. The standard InChI is InChI=1S/C22H27ClN2O4S/c1-16(9-10-17-6-3-2-4-7-17)25-22(26)18-11-12-20(23)21(14-18)30(27,28)24-15-19-8-5-13-29-19/h2-4,6-7,11-12,14,16,19,24H,5,8-10,13,15H2,1H3,(H,25,26). The largest absolute Gasteiger partial charge is 0.377 e. The van der Waals surface area contributed by atoms with Crippen LogP contribution in [0.5, 0.6) is 0 Å². The molecule has 6 nitrogen and oxygen atoms in total. The lowest BCUT2D eigenvalue weighted by atomic mass is 10.1. The van der Waals surface area contributed by atoms with E-state index in [-0.39, 0.29) is 40.1 Å². The van der Waals surface area contributed by atoms with Crippen molar-refractivity contribution in [1.29, 1.82) is 0 Å². The van der Waals surface area contributed by atoms with Gasteiger partial charge in [0, 0.05) is 24.8 Å². The molecule has 0 aromatic heterocycles. The van der Waals surface area contributed by atoms with E-state index in [2.05, 4.69) is 22.2 Å². The van der Waals surface area contributed by atoms with Gasteiger partial charge in [-0.25, -0.2) is 13.1 Å². The molecule has 1 saturated heterocycles. The molecule has 0 radical (unpaired) electrons. The molecule has 1 amide bonds. The SMILES string of the molecule is CC(CCc1ccccc1)NC(=O)c1ccc(Cl)c(S(=O)(=O)NCC2CCCO2)c1. The quantitative estimate of drug-likeness (QED) is 0.611. The summed E-state index contributed by atoms with van der Waals surface area (Å²) in [6, 6.07) is 14.3. The molecule has 1 aliphatic heterocycles. The minimum atomic E-state index is -3.85. The molecule has 0 bridgehead atoms. The van der Waals surface area contributed by atoms with Crippen molar-refractivity contribution in [3.05, 3.63) is 64.7 Å². The van der Waals surface area contributed by atoms with E-state index in [4.69, 9.17) is 16.3 Å². The molecule has 1 fully saturated rings. The van der Waals surface area contributed by atoms with E-state index < -0.39 is 10.0 Å². The molecule has 1 aliphatic rings. The van der Waals surface area contributed by atoms with Crippen LogP contribution in [-0.2, 0) is 21.2 Å². The Labute approximate surface area is 183 Å². The number of carbonyl (C=O) groups excluding carboxylic acids is 1. The maximum atomic E-state index is 12.7. The summed E-state index contributed by atoms with van der Waals surface area (Å²) in [7, 11) is -3.85. The minimum Gasteiger partial charge on any atom is -0.377 e. The van der Waals surface area contributed by atoms with Gasteiger partial charge < -0.3 is 10.1 Å². The third kappa shape index (κ3) is 6.28. The smallest absolute Gasteiger partial charge is 0.251 e. The van der Waals surface area contributed by atoms with Gasteiger partial charge in [-0.05, 0) is 56.4 Å². The lowest BCUT2D eigenvalue weighted by Gasteiger charge is -2.15. The van der Waals surface area contributed by atoms with E-state index in [9.17, 15) is 13.2 Å². The molecule has 0 spiro atoms. The van der Waals surface area contributed by atoms with E-state index >= 15 is 0 Å². The zero-order valence-corrected chi connectivity index (χ0v) is 18.5. The van der Waals surface area contributed by atoms with Gasteiger partial charge in [-0.3, -0.25) is 4.79 Å². The van der Waals surface area contributed by atoms with Gasteiger partial charge in [0.2, 0.25) is 10.0 Å². The van der Waals surface area contributed by atoms with Gasteiger partial charge in [-0.2, -0.15) is 0 Å². The highest BCUT2D eigenvalue weighted by Crippen LogP contribution is 2.23. The van der Waals surface area contributed by atoms with E-state index in [1.807, 2.05) is 25.1 Å². The van der Waals surface area contributed by atoms with Crippen LogP contribution in [0.3, 0.4) is 0 Å². The van der Waals surface area contributed by atoms with Gasteiger partial charge in [0.15, 0.2) is 0 Å². The lowest BCUT2D eigenvalue weighted by molar-refractivity contribution is 0.0938. The van der Waals surface area contributed by atoms with Crippen LogP contribution in [0, 0.1) is 0 Å². The number of nitrogens with one attached hydrogen (secondary N) is 2. The number of sulfonamides is 1. The van der Waals surface area contributed by atoms with Gasteiger partial charge in [0.1, 0.15) is 4.90 Å². The molecule has 2 atom stereocenters. The summed E-state index contributed by atoms with van der Waals surface area (Å²) in [4.78, 5) is 12.5. The van der Waals surface area contributed by atoms with Crippen LogP contribution >= 0.6 is 11.6 Å². The fourth-order valence-electron chi connectivity index (χ4n) is 3.34. The van der Waals surface area contributed by atoms with Crippen LogP contribution in [0.4, 0.5) is 0 Å². The monoisotopic (exact) mass is 450 g/mol. The van der Waals surface area contributed by atoms with Crippen LogP contribution in [0.1, 0.15) is 42.1 Å². The van der Waals surface area contributed by atoms with E-state index in [1.165, 1.54) is 23.8 Å². The molecular weight excluding hydrogens is 424 g/mol. The molecule has 8 heteroatoms. The second-order valence-electron chi connectivity index (χ2n) is 7.53. The predicted octanol–water partition coefficient (Wildman–Crippen LogP) is 3.55. The normalized spacial score (nSPS) is 17.6. The Morgan fingerprint density at radius 1 is 1.23 bits per heavy atom. The minimum absolute atomic E-state index is 0.0638. The Morgan fingerprint density at radius 3 is 2.70 bits per heavy atom. The Morgan fingerprint density at radius 2 is 2.00 bits per heavy atom. The molecular formula is C22H27ClN2O4S. The third-order valence-corrected chi connectivity index (χ3v) is 7.00. The van der Waals surface area contributed by atoms with E-state index in [0.29, 0.717) is 6.61 Å². The number of halogens is 1. The van der Waals surface area contributed by atoms with Crippen LogP contribution in [0.2, 0.25) is 5.02 Å². The second-order valence-corrected chi connectivity index (χ2v) is 9.67. The highest BCUT2D eigenvalue weighted by molar-refractivity contribution is 7.89. The summed E-state index contributed by atoms with van der Waals surface area (Å²) in [5.41, 5.74) is 1.46. The molecule has 30 heavy (non-hydrogen) atoms. The number of rotatable bonds is 9. The van der Waals surface area contributed by atoms with Crippen molar-refractivity contribution in [3.63, 3.8) is 0 Å². The zero-order chi connectivity index (χ0) is 21.6. The summed E-state index contributed by atoms with van der Waals surface area (Å²) in [5.74, 6) is -0.331. The van der Waals surface area contributed by atoms with Gasteiger partial charge in [-0.15, -0.1) is 0 Å². The van der Waals surface area contributed by atoms with Gasteiger partial charge in [0.25, 0.3) is 5.91 Å². The number of amides is 1. The molecule has 3 rings (SSSR count). The first-order chi connectivity index (χ1) is 14.3. The van der Waals surface area contributed by atoms with Crippen molar-refractivity contribution in [1.82, 2.24) is 10.0 Å². The topological polar surface area (TPSA) is 84.5 Å². The van der Waals surface area contributed by atoms with Gasteiger partial charge >= 0.3 is 0 Å². The fraction of sp³-hybridized carbons (Fsp3) is 0.409. The number of hydrogen-bond acceptors (Lipinski definition) is 4. The first kappa shape index (κ1) is 22.7. The molecule has 162 valence electrons. The summed E-state index contributed by atoms with van der Waals surface area (Å²) >= 11 is 6.12. The van der Waals surface area contributed by atoms with Crippen molar-refractivity contribution < 1.29 is 17.9 Å². The summed E-state index contributed by atoms with van der Waals surface area (Å²) in [6.07, 6.45) is 3.23. The van der Waals surface area contributed by atoms with Gasteiger partial charge in [0.05, 0.1) is 11.1 Å². The number of ether oxygens (including phenoxy) is 1. The molecule has 0 aliphatic carbocycles. The number of benzene rings is 2. The van der Waals surface area contributed by atoms with Gasteiger partial charge in [-0.1, -0.05) is 41.9 Å².